The Morgan fingerprint density at radius 2 is 2.38 bits per heavy atom. The lowest BCUT2D eigenvalue weighted by Gasteiger charge is -1.92. The van der Waals surface area contributed by atoms with Gasteiger partial charge in [-0.25, -0.2) is 0 Å². The van der Waals surface area contributed by atoms with Crippen LogP contribution in [0.3, 0.4) is 0 Å². The summed E-state index contributed by atoms with van der Waals surface area (Å²) in [4.78, 5) is 0. The second-order valence-electron chi connectivity index (χ2n) is 1.84. The fourth-order valence-corrected chi connectivity index (χ4v) is 0.413. The molecule has 0 heterocycles. The predicted octanol–water partition coefficient (Wildman–Crippen LogP) is 1.82. The highest BCUT2D eigenvalue weighted by atomic mass is 14.5. The van der Waals surface area contributed by atoms with Crippen molar-refractivity contribution in [3.63, 3.8) is 0 Å². The number of rotatable bonds is 3. The molecule has 0 aliphatic carbocycles. The van der Waals surface area contributed by atoms with E-state index in [2.05, 4.69) is 6.58 Å². The van der Waals surface area contributed by atoms with Crippen LogP contribution < -0.4 is 5.73 Å². The van der Waals surface area contributed by atoms with Gasteiger partial charge in [0.25, 0.3) is 0 Å². The molecule has 8 heavy (non-hydrogen) atoms. The fraction of sp³-hybridized carbons (Fsp3) is 0.429. The van der Waals surface area contributed by atoms with Crippen LogP contribution in [0.15, 0.2) is 24.4 Å². The van der Waals surface area contributed by atoms with Gasteiger partial charge in [-0.2, -0.15) is 0 Å². The smallest absolute Gasteiger partial charge is 0.00732 e. The zero-order valence-electron chi connectivity index (χ0n) is 5.35. The topological polar surface area (TPSA) is 26.0 Å². The molecule has 1 heteroatoms. The normalized spacial score (nSPS) is 11.4. The lowest BCUT2D eigenvalue weighted by Crippen LogP contribution is -1.83. The Hall–Kier alpha value is -0.720. The Bertz CT molecular complexity index is 92.6. The maximum atomic E-state index is 5.22. The van der Waals surface area contributed by atoms with E-state index in [1.807, 2.05) is 13.0 Å². The maximum Gasteiger partial charge on any atom is -0.00732 e. The molecule has 1 nitrogen and oxygen atoms in total. The average Bonchev–Trinajstić information content (AvgIpc) is 1.83. The first-order valence-corrected chi connectivity index (χ1v) is 2.79. The van der Waals surface area contributed by atoms with E-state index in [9.17, 15) is 0 Å². The third-order valence-electron chi connectivity index (χ3n) is 1.03. The summed E-state index contributed by atoms with van der Waals surface area (Å²) in [5, 5.41) is 0. The summed E-state index contributed by atoms with van der Waals surface area (Å²) >= 11 is 0. The minimum atomic E-state index is 1.03. The van der Waals surface area contributed by atoms with Crippen molar-refractivity contribution in [2.24, 2.45) is 5.73 Å². The van der Waals surface area contributed by atoms with Crippen LogP contribution in [-0.2, 0) is 0 Å². The van der Waals surface area contributed by atoms with Crippen LogP contribution in [0.2, 0.25) is 0 Å². The van der Waals surface area contributed by atoms with Gasteiger partial charge >= 0.3 is 0 Å². The van der Waals surface area contributed by atoms with E-state index >= 15 is 0 Å². The summed E-state index contributed by atoms with van der Waals surface area (Å²) in [5.41, 5.74) is 6.44. The van der Waals surface area contributed by atoms with Gasteiger partial charge < -0.3 is 5.73 Å². The molecular formula is C7H13N. The van der Waals surface area contributed by atoms with Crippen LogP contribution in [0.5, 0.6) is 0 Å². The highest BCUT2D eigenvalue weighted by Gasteiger charge is 1.82. The van der Waals surface area contributed by atoms with Crippen molar-refractivity contribution in [3.8, 4) is 0 Å². The van der Waals surface area contributed by atoms with Crippen molar-refractivity contribution in [1.29, 1.82) is 0 Å². The van der Waals surface area contributed by atoms with E-state index in [0.29, 0.717) is 0 Å². The Morgan fingerprint density at radius 3 is 2.75 bits per heavy atom. The molecule has 0 aromatic rings. The maximum absolute atomic E-state index is 5.22. The van der Waals surface area contributed by atoms with Gasteiger partial charge in [-0.3, -0.25) is 0 Å². The van der Waals surface area contributed by atoms with Crippen LogP contribution in [0.1, 0.15) is 19.8 Å². The van der Waals surface area contributed by atoms with E-state index in [1.165, 1.54) is 5.57 Å². The summed E-state index contributed by atoms with van der Waals surface area (Å²) in [6, 6.07) is 0. The van der Waals surface area contributed by atoms with Gasteiger partial charge in [-0.1, -0.05) is 11.6 Å². The minimum Gasteiger partial charge on any atom is -0.405 e. The van der Waals surface area contributed by atoms with Crippen molar-refractivity contribution < 1.29 is 0 Å². The van der Waals surface area contributed by atoms with Crippen molar-refractivity contribution in [2.75, 3.05) is 0 Å². The Labute approximate surface area is 50.9 Å². The van der Waals surface area contributed by atoms with Gasteiger partial charge in [-0.05, 0) is 26.0 Å². The summed E-state index contributed by atoms with van der Waals surface area (Å²) < 4.78 is 0. The first-order chi connectivity index (χ1) is 3.81. The Kier molecular flexibility index (Phi) is 4.04. The Morgan fingerprint density at radius 1 is 1.75 bits per heavy atom. The van der Waals surface area contributed by atoms with E-state index in [-0.39, 0.29) is 0 Å². The molecule has 0 atom stereocenters. The van der Waals surface area contributed by atoms with Gasteiger partial charge in [-0.15, -0.1) is 6.58 Å². The number of allylic oxidation sites excluding steroid dienone is 2. The molecule has 0 unspecified atom stereocenters. The molecule has 0 aromatic heterocycles. The highest BCUT2D eigenvalue weighted by Crippen LogP contribution is 2.00. The first-order valence-electron chi connectivity index (χ1n) is 2.79. The molecule has 0 bridgehead atoms. The van der Waals surface area contributed by atoms with Crippen LogP contribution in [0.4, 0.5) is 0 Å². The summed E-state index contributed by atoms with van der Waals surface area (Å²) in [5.74, 6) is 0. The quantitative estimate of drug-likeness (QED) is 0.552. The van der Waals surface area contributed by atoms with E-state index in [0.717, 1.165) is 12.8 Å². The molecular weight excluding hydrogens is 98.1 g/mol. The largest absolute Gasteiger partial charge is 0.405 e. The van der Waals surface area contributed by atoms with Crippen molar-refractivity contribution in [3.05, 3.63) is 24.4 Å². The fourth-order valence-electron chi connectivity index (χ4n) is 0.413. The molecule has 2 N–H and O–H groups in total. The van der Waals surface area contributed by atoms with Crippen molar-refractivity contribution >= 4 is 0 Å². The molecule has 0 saturated carbocycles. The molecule has 0 saturated heterocycles. The third kappa shape index (κ3) is 3.47. The first kappa shape index (κ1) is 7.28. The van der Waals surface area contributed by atoms with Crippen LogP contribution in [0.25, 0.3) is 0 Å². The summed E-state index contributed by atoms with van der Waals surface area (Å²) in [7, 11) is 0. The summed E-state index contributed by atoms with van der Waals surface area (Å²) in [6.45, 7) is 5.62. The molecule has 46 valence electrons. The molecule has 0 aliphatic heterocycles. The third-order valence-corrected chi connectivity index (χ3v) is 1.03. The van der Waals surface area contributed by atoms with E-state index in [1.54, 1.807) is 6.20 Å². The predicted molar refractivity (Wildman–Crippen MR) is 37.4 cm³/mol. The standard InChI is InChI=1S/C7H13N/c1-3-4-5-7(2)6-8/h3,6H,1,4-5,8H2,2H3/b7-6+. The molecule has 0 fully saturated rings. The van der Waals surface area contributed by atoms with Gasteiger partial charge in [0, 0.05) is 0 Å². The van der Waals surface area contributed by atoms with E-state index in [4.69, 9.17) is 5.73 Å². The molecule has 0 radical (unpaired) electrons. The zero-order valence-corrected chi connectivity index (χ0v) is 5.35. The van der Waals surface area contributed by atoms with E-state index < -0.39 is 0 Å². The number of hydrogen-bond donors (Lipinski definition) is 1. The molecule has 0 rings (SSSR count). The molecule has 0 amide bonds. The lowest BCUT2D eigenvalue weighted by atomic mass is 10.2. The summed E-state index contributed by atoms with van der Waals surface area (Å²) in [6.07, 6.45) is 5.61. The Balaban J connectivity index is 3.24. The van der Waals surface area contributed by atoms with Crippen molar-refractivity contribution in [1.82, 2.24) is 0 Å². The second-order valence-corrected chi connectivity index (χ2v) is 1.84. The SMILES string of the molecule is C=CCC/C(C)=C/N. The van der Waals surface area contributed by atoms with Gasteiger partial charge in [0.15, 0.2) is 0 Å². The molecule has 0 spiro atoms. The van der Waals surface area contributed by atoms with Crippen LogP contribution in [0, 0.1) is 0 Å². The van der Waals surface area contributed by atoms with Crippen molar-refractivity contribution in [2.45, 2.75) is 19.8 Å². The van der Waals surface area contributed by atoms with Gasteiger partial charge in [0.2, 0.25) is 0 Å². The van der Waals surface area contributed by atoms with Crippen LogP contribution >= 0.6 is 0 Å². The molecule has 0 aromatic carbocycles. The van der Waals surface area contributed by atoms with Crippen LogP contribution in [-0.4, -0.2) is 0 Å². The highest BCUT2D eigenvalue weighted by molar-refractivity contribution is 4.95. The average molecular weight is 111 g/mol. The minimum absolute atomic E-state index is 1.03. The zero-order chi connectivity index (χ0) is 6.41. The second kappa shape index (κ2) is 4.44. The molecule has 0 aliphatic rings. The van der Waals surface area contributed by atoms with Gasteiger partial charge in [0.1, 0.15) is 0 Å². The lowest BCUT2D eigenvalue weighted by molar-refractivity contribution is 0.974. The number of hydrogen-bond acceptors (Lipinski definition) is 1. The monoisotopic (exact) mass is 111 g/mol. The van der Waals surface area contributed by atoms with Gasteiger partial charge in [0.05, 0.1) is 0 Å². The number of nitrogens with two attached hydrogens (primary N) is 1.